The third kappa shape index (κ3) is 9.39. The van der Waals surface area contributed by atoms with Crippen molar-refractivity contribution in [1.29, 1.82) is 0 Å². The summed E-state index contributed by atoms with van der Waals surface area (Å²) in [5, 5.41) is 5.28. The van der Waals surface area contributed by atoms with Crippen molar-refractivity contribution < 1.29 is 23.9 Å². The van der Waals surface area contributed by atoms with Crippen molar-refractivity contribution in [2.45, 2.75) is 65.7 Å². The zero-order valence-electron chi connectivity index (χ0n) is 17.4. The van der Waals surface area contributed by atoms with Gasteiger partial charge in [0.15, 0.2) is 0 Å². The summed E-state index contributed by atoms with van der Waals surface area (Å²) in [7, 11) is 0. The Kier molecular flexibility index (Phi) is 9.48. The summed E-state index contributed by atoms with van der Waals surface area (Å²) in [6.07, 6.45) is 0.614. The van der Waals surface area contributed by atoms with Crippen LogP contribution < -0.4 is 10.6 Å². The van der Waals surface area contributed by atoms with Gasteiger partial charge in [-0.05, 0) is 32.8 Å². The Labute approximate surface area is 167 Å². The van der Waals surface area contributed by atoms with Crippen molar-refractivity contribution in [1.82, 2.24) is 10.6 Å². The summed E-state index contributed by atoms with van der Waals surface area (Å²) < 4.78 is 10.5. The smallest absolute Gasteiger partial charge is 0.407 e. The lowest BCUT2D eigenvalue weighted by molar-refractivity contribution is -0.159. The SMILES string of the molecule is CCC[C@H](NC(=O)[C@@H](C)CNC(=O)OCc1ccccc1)C(=O)OC(C)(C)C. The minimum absolute atomic E-state index is 0.104. The Morgan fingerprint density at radius 2 is 1.75 bits per heavy atom. The molecule has 1 aromatic rings. The maximum Gasteiger partial charge on any atom is 0.407 e. The highest BCUT2D eigenvalue weighted by molar-refractivity contribution is 5.86. The van der Waals surface area contributed by atoms with Crippen LogP contribution in [0.3, 0.4) is 0 Å². The van der Waals surface area contributed by atoms with Crippen LogP contribution >= 0.6 is 0 Å². The molecular formula is C21H32N2O5. The molecular weight excluding hydrogens is 360 g/mol. The van der Waals surface area contributed by atoms with Gasteiger partial charge in [-0.15, -0.1) is 0 Å². The van der Waals surface area contributed by atoms with E-state index in [2.05, 4.69) is 10.6 Å². The average Bonchev–Trinajstić information content (AvgIpc) is 2.63. The van der Waals surface area contributed by atoms with Crippen LogP contribution in [-0.2, 0) is 25.7 Å². The van der Waals surface area contributed by atoms with Gasteiger partial charge in [-0.3, -0.25) is 4.79 Å². The number of hydrogen-bond donors (Lipinski definition) is 2. The molecule has 2 N–H and O–H groups in total. The van der Waals surface area contributed by atoms with Crippen LogP contribution in [0.2, 0.25) is 0 Å². The highest BCUT2D eigenvalue weighted by Crippen LogP contribution is 2.11. The zero-order valence-corrected chi connectivity index (χ0v) is 17.4. The minimum atomic E-state index is -0.704. The summed E-state index contributed by atoms with van der Waals surface area (Å²) in [5.41, 5.74) is 0.256. The van der Waals surface area contributed by atoms with Crippen molar-refractivity contribution >= 4 is 18.0 Å². The molecule has 7 nitrogen and oxygen atoms in total. The Balaban J connectivity index is 2.44. The van der Waals surface area contributed by atoms with E-state index >= 15 is 0 Å². The fourth-order valence-corrected chi connectivity index (χ4v) is 2.33. The number of carbonyl (C=O) groups is 3. The monoisotopic (exact) mass is 392 g/mol. The van der Waals surface area contributed by atoms with Crippen LogP contribution in [0.5, 0.6) is 0 Å². The van der Waals surface area contributed by atoms with Crippen LogP contribution in [0.4, 0.5) is 4.79 Å². The standard InChI is InChI=1S/C21H32N2O5/c1-6-10-17(19(25)28-21(3,4)5)23-18(24)15(2)13-22-20(26)27-14-16-11-8-7-9-12-16/h7-9,11-12,15,17H,6,10,13-14H2,1-5H3,(H,22,26)(H,23,24)/t15-,17-/m0/s1. The van der Waals surface area contributed by atoms with Crippen LogP contribution in [0.15, 0.2) is 30.3 Å². The number of nitrogens with one attached hydrogen (secondary N) is 2. The number of carbonyl (C=O) groups excluding carboxylic acids is 3. The van der Waals surface area contributed by atoms with Crippen LogP contribution in [0.1, 0.15) is 53.0 Å². The molecule has 7 heteroatoms. The third-order valence-corrected chi connectivity index (χ3v) is 3.80. The fraction of sp³-hybridized carbons (Fsp3) is 0.571. The lowest BCUT2D eigenvalue weighted by Crippen LogP contribution is -2.47. The van der Waals surface area contributed by atoms with Gasteiger partial charge in [-0.1, -0.05) is 50.6 Å². The van der Waals surface area contributed by atoms with Gasteiger partial charge in [0.25, 0.3) is 0 Å². The summed E-state index contributed by atoms with van der Waals surface area (Å²) in [6, 6.07) is 8.61. The fourth-order valence-electron chi connectivity index (χ4n) is 2.33. The Morgan fingerprint density at radius 1 is 1.11 bits per heavy atom. The first kappa shape index (κ1) is 23.5. The molecule has 1 aromatic carbocycles. The topological polar surface area (TPSA) is 93.7 Å². The van der Waals surface area contributed by atoms with Gasteiger partial charge in [0.05, 0.1) is 5.92 Å². The van der Waals surface area contributed by atoms with Crippen molar-refractivity contribution in [2.75, 3.05) is 6.54 Å². The molecule has 2 amide bonds. The highest BCUT2D eigenvalue weighted by atomic mass is 16.6. The number of benzene rings is 1. The van der Waals surface area contributed by atoms with Gasteiger partial charge in [0, 0.05) is 6.54 Å². The van der Waals surface area contributed by atoms with Crippen molar-refractivity contribution in [3.63, 3.8) is 0 Å². The van der Waals surface area contributed by atoms with E-state index in [1.807, 2.05) is 37.3 Å². The van der Waals surface area contributed by atoms with E-state index in [4.69, 9.17) is 9.47 Å². The number of amides is 2. The van der Waals surface area contributed by atoms with Crippen molar-refractivity contribution in [3.8, 4) is 0 Å². The number of ether oxygens (including phenoxy) is 2. The molecule has 0 aliphatic rings. The van der Waals surface area contributed by atoms with Crippen LogP contribution in [0.25, 0.3) is 0 Å². The lowest BCUT2D eigenvalue weighted by atomic mass is 10.1. The van der Waals surface area contributed by atoms with Crippen molar-refractivity contribution in [2.24, 2.45) is 5.92 Å². The van der Waals surface area contributed by atoms with Gasteiger partial charge >= 0.3 is 12.1 Å². The van der Waals surface area contributed by atoms with Gasteiger partial charge in [-0.2, -0.15) is 0 Å². The first-order valence-corrected chi connectivity index (χ1v) is 9.60. The Morgan fingerprint density at radius 3 is 2.32 bits per heavy atom. The maximum absolute atomic E-state index is 12.4. The molecule has 1 rings (SSSR count). The minimum Gasteiger partial charge on any atom is -0.458 e. The number of esters is 1. The quantitative estimate of drug-likeness (QED) is 0.630. The molecule has 0 spiro atoms. The molecule has 0 aliphatic heterocycles. The van der Waals surface area contributed by atoms with Crippen LogP contribution in [-0.4, -0.2) is 36.2 Å². The van der Waals surface area contributed by atoms with Gasteiger partial charge < -0.3 is 20.1 Å². The first-order valence-electron chi connectivity index (χ1n) is 9.60. The van der Waals surface area contributed by atoms with Gasteiger partial charge in [0.1, 0.15) is 18.2 Å². The van der Waals surface area contributed by atoms with Crippen molar-refractivity contribution in [3.05, 3.63) is 35.9 Å². The molecule has 0 saturated carbocycles. The molecule has 0 bridgehead atoms. The third-order valence-electron chi connectivity index (χ3n) is 3.80. The molecule has 0 aliphatic carbocycles. The van der Waals surface area contributed by atoms with E-state index in [1.54, 1.807) is 27.7 Å². The molecule has 0 saturated heterocycles. The molecule has 0 radical (unpaired) electrons. The maximum atomic E-state index is 12.4. The number of hydrogen-bond acceptors (Lipinski definition) is 5. The molecule has 0 unspecified atom stereocenters. The molecule has 2 atom stereocenters. The second-order valence-electron chi connectivity index (χ2n) is 7.73. The second-order valence-corrected chi connectivity index (χ2v) is 7.73. The second kappa shape index (κ2) is 11.3. The number of rotatable bonds is 9. The number of alkyl carbamates (subject to hydrolysis) is 1. The summed E-state index contributed by atoms with van der Waals surface area (Å²) in [6.45, 7) is 9.20. The van der Waals surface area contributed by atoms with E-state index < -0.39 is 29.6 Å². The molecule has 0 fully saturated rings. The zero-order chi connectivity index (χ0) is 21.2. The molecule has 0 heterocycles. The average molecular weight is 392 g/mol. The van der Waals surface area contributed by atoms with E-state index in [0.717, 1.165) is 12.0 Å². The van der Waals surface area contributed by atoms with E-state index in [-0.39, 0.29) is 19.1 Å². The van der Waals surface area contributed by atoms with E-state index in [0.29, 0.717) is 6.42 Å². The summed E-state index contributed by atoms with van der Waals surface area (Å²) in [4.78, 5) is 36.4. The summed E-state index contributed by atoms with van der Waals surface area (Å²) in [5.74, 6) is -1.30. The Hall–Kier alpha value is -2.57. The van der Waals surface area contributed by atoms with E-state index in [1.165, 1.54) is 0 Å². The molecule has 28 heavy (non-hydrogen) atoms. The molecule has 156 valence electrons. The normalized spacial score (nSPS) is 13.2. The van der Waals surface area contributed by atoms with E-state index in [9.17, 15) is 14.4 Å². The predicted molar refractivity (Wildman–Crippen MR) is 106 cm³/mol. The van der Waals surface area contributed by atoms with Crippen LogP contribution in [0, 0.1) is 5.92 Å². The summed E-state index contributed by atoms with van der Waals surface area (Å²) >= 11 is 0. The Bertz CT molecular complexity index is 640. The largest absolute Gasteiger partial charge is 0.458 e. The molecule has 0 aromatic heterocycles. The van der Waals surface area contributed by atoms with Gasteiger partial charge in [0.2, 0.25) is 5.91 Å². The lowest BCUT2D eigenvalue weighted by Gasteiger charge is -2.25. The highest BCUT2D eigenvalue weighted by Gasteiger charge is 2.27. The first-order chi connectivity index (χ1) is 13.1. The van der Waals surface area contributed by atoms with Gasteiger partial charge in [-0.25, -0.2) is 9.59 Å². The predicted octanol–water partition coefficient (Wildman–Crippen LogP) is 3.18.